The van der Waals surface area contributed by atoms with Gasteiger partial charge in [0.05, 0.1) is 6.61 Å². The maximum atomic E-state index is 13.5. The second-order valence-electron chi connectivity index (χ2n) is 11.3. The molecule has 3 aromatic rings. The van der Waals surface area contributed by atoms with Gasteiger partial charge >= 0.3 is 0 Å². The van der Waals surface area contributed by atoms with Crippen molar-refractivity contribution in [3.8, 4) is 11.5 Å². The van der Waals surface area contributed by atoms with E-state index in [-0.39, 0.29) is 18.4 Å². The van der Waals surface area contributed by atoms with Crippen molar-refractivity contribution in [2.24, 2.45) is 0 Å². The summed E-state index contributed by atoms with van der Waals surface area (Å²) in [7, 11) is 0. The van der Waals surface area contributed by atoms with E-state index in [1.54, 1.807) is 4.90 Å². The molecule has 0 saturated carbocycles. The van der Waals surface area contributed by atoms with Crippen molar-refractivity contribution in [3.63, 3.8) is 0 Å². The fourth-order valence-corrected chi connectivity index (χ4v) is 5.36. The van der Waals surface area contributed by atoms with E-state index in [2.05, 4.69) is 47.9 Å². The SMILES string of the molecule is CCCOc1ccc(CN(C(=O)COc2ccc(CNCCCCc3ccccc3)cc2)[C@H]2CCCCNC2=O)cc1C. The predicted molar refractivity (Wildman–Crippen MR) is 171 cm³/mol. The van der Waals surface area contributed by atoms with E-state index in [1.165, 1.54) is 11.1 Å². The standard InChI is InChI=1S/C36H47N3O4/c1-3-23-42-34-20-17-31(24-28(34)2)26-39(33-14-8-10-22-38-36(33)41)35(40)27-43-32-18-15-30(16-19-32)25-37-21-9-7-13-29-11-5-4-6-12-29/h4-6,11-12,15-20,24,33,37H,3,7-10,13-14,21-23,25-27H2,1-2H3,(H,38,41)/t33-/m0/s1. The van der Waals surface area contributed by atoms with Gasteiger partial charge in [0.15, 0.2) is 6.61 Å². The maximum absolute atomic E-state index is 13.5. The van der Waals surface area contributed by atoms with Gasteiger partial charge in [0.1, 0.15) is 17.5 Å². The highest BCUT2D eigenvalue weighted by Gasteiger charge is 2.31. The number of rotatable bonds is 16. The van der Waals surface area contributed by atoms with Crippen LogP contribution in [0.4, 0.5) is 0 Å². The Kier molecular flexibility index (Phi) is 12.9. The molecule has 3 aromatic carbocycles. The van der Waals surface area contributed by atoms with Crippen molar-refractivity contribution in [2.45, 2.75) is 77.9 Å². The van der Waals surface area contributed by atoms with E-state index in [1.807, 2.05) is 49.4 Å². The topological polar surface area (TPSA) is 79.9 Å². The third-order valence-electron chi connectivity index (χ3n) is 7.78. The van der Waals surface area contributed by atoms with Crippen LogP contribution < -0.4 is 20.1 Å². The molecule has 43 heavy (non-hydrogen) atoms. The third kappa shape index (κ3) is 10.4. The molecule has 7 heteroatoms. The lowest BCUT2D eigenvalue weighted by Crippen LogP contribution is -2.49. The number of aryl methyl sites for hydroxylation is 2. The quantitative estimate of drug-likeness (QED) is 0.203. The summed E-state index contributed by atoms with van der Waals surface area (Å²) in [4.78, 5) is 28.2. The van der Waals surface area contributed by atoms with Crippen molar-refractivity contribution < 1.29 is 19.1 Å². The summed E-state index contributed by atoms with van der Waals surface area (Å²) in [5.74, 6) is 1.19. The van der Waals surface area contributed by atoms with Crippen LogP contribution in [0.3, 0.4) is 0 Å². The summed E-state index contributed by atoms with van der Waals surface area (Å²) in [6, 6.07) is 23.9. The van der Waals surface area contributed by atoms with Crippen molar-refractivity contribution in [2.75, 3.05) is 26.3 Å². The largest absolute Gasteiger partial charge is 0.493 e. The summed E-state index contributed by atoms with van der Waals surface area (Å²) in [6.07, 6.45) is 6.78. The van der Waals surface area contributed by atoms with Gasteiger partial charge in [-0.1, -0.05) is 61.5 Å². The molecule has 1 aliphatic rings. The number of unbranched alkanes of at least 4 members (excludes halogenated alkanes) is 1. The van der Waals surface area contributed by atoms with E-state index in [9.17, 15) is 9.59 Å². The molecule has 230 valence electrons. The third-order valence-corrected chi connectivity index (χ3v) is 7.78. The Labute approximate surface area is 257 Å². The Balaban J connectivity index is 1.29. The highest BCUT2D eigenvalue weighted by molar-refractivity contribution is 5.88. The summed E-state index contributed by atoms with van der Waals surface area (Å²) >= 11 is 0. The van der Waals surface area contributed by atoms with Gasteiger partial charge in [0, 0.05) is 19.6 Å². The number of hydrogen-bond acceptors (Lipinski definition) is 5. The molecule has 1 aliphatic heterocycles. The van der Waals surface area contributed by atoms with Crippen LogP contribution in [0.2, 0.25) is 0 Å². The van der Waals surface area contributed by atoms with Crippen LogP contribution in [0.25, 0.3) is 0 Å². The van der Waals surface area contributed by atoms with E-state index in [0.717, 1.165) is 68.5 Å². The zero-order chi connectivity index (χ0) is 30.3. The number of carbonyl (C=O) groups is 2. The van der Waals surface area contributed by atoms with E-state index in [4.69, 9.17) is 9.47 Å². The molecule has 0 radical (unpaired) electrons. The molecule has 7 nitrogen and oxygen atoms in total. The number of hydrogen-bond donors (Lipinski definition) is 2. The van der Waals surface area contributed by atoms with Gasteiger partial charge in [0.25, 0.3) is 5.91 Å². The molecular formula is C36H47N3O4. The Bertz CT molecular complexity index is 1280. The molecule has 0 aliphatic carbocycles. The van der Waals surface area contributed by atoms with Gasteiger partial charge in [-0.3, -0.25) is 9.59 Å². The molecule has 0 bridgehead atoms. The van der Waals surface area contributed by atoms with Gasteiger partial charge in [-0.25, -0.2) is 0 Å². The Morgan fingerprint density at radius 3 is 2.51 bits per heavy atom. The lowest BCUT2D eigenvalue weighted by Gasteiger charge is -2.30. The zero-order valence-corrected chi connectivity index (χ0v) is 25.8. The lowest BCUT2D eigenvalue weighted by molar-refractivity contribution is -0.142. The van der Waals surface area contributed by atoms with Crippen LogP contribution in [0, 0.1) is 6.92 Å². The average molecular weight is 586 g/mol. The molecule has 0 unspecified atom stereocenters. The normalized spacial score (nSPS) is 14.9. The maximum Gasteiger partial charge on any atom is 0.261 e. The number of nitrogens with one attached hydrogen (secondary N) is 2. The average Bonchev–Trinajstić information content (AvgIpc) is 3.25. The Morgan fingerprint density at radius 1 is 0.953 bits per heavy atom. The van der Waals surface area contributed by atoms with E-state index < -0.39 is 6.04 Å². The van der Waals surface area contributed by atoms with Crippen LogP contribution in [0.1, 0.15) is 67.7 Å². The number of nitrogens with zero attached hydrogens (tertiary/aromatic N) is 1. The van der Waals surface area contributed by atoms with Crippen LogP contribution in [0.5, 0.6) is 11.5 Å². The van der Waals surface area contributed by atoms with Crippen molar-refractivity contribution in [3.05, 3.63) is 95.1 Å². The fourth-order valence-electron chi connectivity index (χ4n) is 5.36. The van der Waals surface area contributed by atoms with Crippen LogP contribution in [-0.2, 0) is 29.1 Å². The number of benzene rings is 3. The molecule has 1 atom stereocenters. The molecule has 4 rings (SSSR count). The fraction of sp³-hybridized carbons (Fsp3) is 0.444. The van der Waals surface area contributed by atoms with Gasteiger partial charge in [-0.15, -0.1) is 0 Å². The second-order valence-corrected chi connectivity index (χ2v) is 11.3. The molecule has 2 N–H and O–H groups in total. The van der Waals surface area contributed by atoms with Crippen molar-refractivity contribution >= 4 is 11.8 Å². The predicted octanol–water partition coefficient (Wildman–Crippen LogP) is 5.97. The first-order chi connectivity index (χ1) is 21.0. The van der Waals surface area contributed by atoms with Crippen LogP contribution in [0.15, 0.2) is 72.8 Å². The molecule has 0 spiro atoms. The van der Waals surface area contributed by atoms with Crippen LogP contribution >= 0.6 is 0 Å². The minimum Gasteiger partial charge on any atom is -0.493 e. The number of amides is 2. The molecule has 1 fully saturated rings. The number of ether oxygens (including phenoxy) is 2. The van der Waals surface area contributed by atoms with Gasteiger partial charge < -0.3 is 25.0 Å². The number of carbonyl (C=O) groups excluding carboxylic acids is 2. The molecule has 2 amide bonds. The Morgan fingerprint density at radius 2 is 1.74 bits per heavy atom. The first kappa shape index (κ1) is 32.1. The summed E-state index contributed by atoms with van der Waals surface area (Å²) in [6.45, 7) is 7.37. The van der Waals surface area contributed by atoms with E-state index >= 15 is 0 Å². The lowest BCUT2D eigenvalue weighted by atomic mass is 10.1. The molecule has 1 heterocycles. The summed E-state index contributed by atoms with van der Waals surface area (Å²) < 4.78 is 11.7. The smallest absolute Gasteiger partial charge is 0.261 e. The van der Waals surface area contributed by atoms with Crippen molar-refractivity contribution in [1.82, 2.24) is 15.5 Å². The monoisotopic (exact) mass is 585 g/mol. The highest BCUT2D eigenvalue weighted by atomic mass is 16.5. The van der Waals surface area contributed by atoms with Gasteiger partial charge in [0.2, 0.25) is 5.91 Å². The second kappa shape index (κ2) is 17.3. The van der Waals surface area contributed by atoms with Gasteiger partial charge in [-0.05, 0) is 98.9 Å². The van der Waals surface area contributed by atoms with Gasteiger partial charge in [-0.2, -0.15) is 0 Å². The first-order valence-corrected chi connectivity index (χ1v) is 15.8. The zero-order valence-electron chi connectivity index (χ0n) is 25.8. The minimum absolute atomic E-state index is 0.0950. The van der Waals surface area contributed by atoms with E-state index in [0.29, 0.717) is 31.9 Å². The first-order valence-electron chi connectivity index (χ1n) is 15.8. The van der Waals surface area contributed by atoms with Crippen LogP contribution in [-0.4, -0.2) is 49.1 Å². The highest BCUT2D eigenvalue weighted by Crippen LogP contribution is 2.23. The summed E-state index contributed by atoms with van der Waals surface area (Å²) in [5, 5.41) is 6.49. The Hall–Kier alpha value is -3.84. The molecule has 1 saturated heterocycles. The van der Waals surface area contributed by atoms with Crippen molar-refractivity contribution in [1.29, 1.82) is 0 Å². The molecular weight excluding hydrogens is 538 g/mol. The summed E-state index contributed by atoms with van der Waals surface area (Å²) in [5.41, 5.74) is 4.53. The minimum atomic E-state index is -0.518. The molecule has 0 aromatic heterocycles.